The van der Waals surface area contributed by atoms with E-state index in [1.165, 1.54) is 0 Å². The molecule has 3 rings (SSSR count). The number of hydrogen-bond acceptors (Lipinski definition) is 2. The topological polar surface area (TPSA) is 46.4 Å². The van der Waals surface area contributed by atoms with Crippen LogP contribution in [0.15, 0.2) is 48.8 Å². The van der Waals surface area contributed by atoms with Crippen molar-refractivity contribution in [3.05, 3.63) is 62.9 Å². The van der Waals surface area contributed by atoms with E-state index in [-0.39, 0.29) is 5.91 Å². The SMILES string of the molecule is O=C(Nc1cccc(Cl)c1)c1ccn2ncc(I)c2c1. The maximum Gasteiger partial charge on any atom is 0.255 e. The van der Waals surface area contributed by atoms with E-state index in [1.807, 2.05) is 6.07 Å². The lowest BCUT2D eigenvalue weighted by Crippen LogP contribution is -2.12. The third-order valence-corrected chi connectivity index (χ3v) is 3.89. The van der Waals surface area contributed by atoms with E-state index in [4.69, 9.17) is 11.6 Å². The highest BCUT2D eigenvalue weighted by atomic mass is 127. The lowest BCUT2D eigenvalue weighted by atomic mass is 10.2. The number of anilines is 1. The normalized spacial score (nSPS) is 10.7. The number of pyridine rings is 1. The molecule has 0 fully saturated rings. The summed E-state index contributed by atoms with van der Waals surface area (Å²) in [7, 11) is 0. The second-order valence-electron chi connectivity index (χ2n) is 4.20. The molecular formula is C14H9ClIN3O. The van der Waals surface area contributed by atoms with Crippen LogP contribution in [0.25, 0.3) is 5.52 Å². The Balaban J connectivity index is 1.90. The van der Waals surface area contributed by atoms with Gasteiger partial charge in [-0.15, -0.1) is 0 Å². The standard InChI is InChI=1S/C14H9ClIN3O/c15-10-2-1-3-11(7-10)18-14(20)9-4-5-19-13(6-9)12(16)8-17-19/h1-8H,(H,18,20). The van der Waals surface area contributed by atoms with Crippen molar-refractivity contribution in [2.24, 2.45) is 0 Å². The highest BCUT2D eigenvalue weighted by Crippen LogP contribution is 2.18. The Kier molecular flexibility index (Phi) is 3.62. The number of benzene rings is 1. The molecule has 0 aliphatic carbocycles. The molecule has 0 saturated heterocycles. The van der Waals surface area contributed by atoms with Crippen molar-refractivity contribution in [3.63, 3.8) is 0 Å². The summed E-state index contributed by atoms with van der Waals surface area (Å²) < 4.78 is 2.73. The molecule has 3 aromatic rings. The van der Waals surface area contributed by atoms with Gasteiger partial charge in [0.05, 0.1) is 15.3 Å². The van der Waals surface area contributed by atoms with Crippen LogP contribution >= 0.6 is 34.2 Å². The Hall–Kier alpha value is -1.60. The van der Waals surface area contributed by atoms with E-state index < -0.39 is 0 Å². The fourth-order valence-corrected chi connectivity index (χ4v) is 2.58. The molecule has 1 amide bonds. The highest BCUT2D eigenvalue weighted by Gasteiger charge is 2.09. The molecule has 0 aliphatic heterocycles. The van der Waals surface area contributed by atoms with Crippen molar-refractivity contribution in [1.82, 2.24) is 9.61 Å². The van der Waals surface area contributed by atoms with E-state index in [0.29, 0.717) is 16.3 Å². The predicted octanol–water partition coefficient (Wildman–Crippen LogP) is 3.84. The molecule has 20 heavy (non-hydrogen) atoms. The number of carbonyl (C=O) groups is 1. The van der Waals surface area contributed by atoms with E-state index in [0.717, 1.165) is 9.09 Å². The minimum atomic E-state index is -0.174. The van der Waals surface area contributed by atoms with Crippen LogP contribution in [-0.2, 0) is 0 Å². The molecule has 1 aromatic carbocycles. The summed E-state index contributed by atoms with van der Waals surface area (Å²) >= 11 is 8.08. The van der Waals surface area contributed by atoms with Crippen LogP contribution in [0.1, 0.15) is 10.4 Å². The van der Waals surface area contributed by atoms with E-state index in [1.54, 1.807) is 47.2 Å². The molecule has 100 valence electrons. The second-order valence-corrected chi connectivity index (χ2v) is 5.80. The highest BCUT2D eigenvalue weighted by molar-refractivity contribution is 14.1. The average Bonchev–Trinajstić information content (AvgIpc) is 2.80. The first kappa shape index (κ1) is 13.4. The summed E-state index contributed by atoms with van der Waals surface area (Å²) in [5.74, 6) is -0.174. The first-order chi connectivity index (χ1) is 9.63. The van der Waals surface area contributed by atoms with Gasteiger partial charge >= 0.3 is 0 Å². The first-order valence-corrected chi connectivity index (χ1v) is 7.29. The molecule has 0 radical (unpaired) electrons. The monoisotopic (exact) mass is 397 g/mol. The Morgan fingerprint density at radius 3 is 2.95 bits per heavy atom. The summed E-state index contributed by atoms with van der Waals surface area (Å²) in [5.41, 5.74) is 2.16. The summed E-state index contributed by atoms with van der Waals surface area (Å²) in [4.78, 5) is 12.2. The van der Waals surface area contributed by atoms with Crippen molar-refractivity contribution < 1.29 is 4.79 Å². The molecule has 0 atom stereocenters. The molecular weight excluding hydrogens is 389 g/mol. The molecule has 0 saturated carbocycles. The molecule has 4 nitrogen and oxygen atoms in total. The minimum absolute atomic E-state index is 0.174. The molecule has 6 heteroatoms. The summed E-state index contributed by atoms with van der Waals surface area (Å²) in [6.45, 7) is 0. The van der Waals surface area contributed by atoms with E-state index >= 15 is 0 Å². The Bertz CT molecular complexity index is 800. The lowest BCUT2D eigenvalue weighted by molar-refractivity contribution is 0.102. The number of nitrogens with one attached hydrogen (secondary N) is 1. The average molecular weight is 398 g/mol. The fraction of sp³-hybridized carbons (Fsp3) is 0. The van der Waals surface area contributed by atoms with Crippen LogP contribution < -0.4 is 5.32 Å². The van der Waals surface area contributed by atoms with Crippen LogP contribution in [0.3, 0.4) is 0 Å². The van der Waals surface area contributed by atoms with Crippen molar-refractivity contribution in [3.8, 4) is 0 Å². The molecule has 0 unspecified atom stereocenters. The zero-order valence-corrected chi connectivity index (χ0v) is 13.1. The Morgan fingerprint density at radius 1 is 1.30 bits per heavy atom. The van der Waals surface area contributed by atoms with Gasteiger partial charge in [0.1, 0.15) is 0 Å². The first-order valence-electron chi connectivity index (χ1n) is 5.83. The van der Waals surface area contributed by atoms with Crippen LogP contribution in [0, 0.1) is 3.57 Å². The van der Waals surface area contributed by atoms with Gasteiger partial charge in [0.15, 0.2) is 0 Å². The Morgan fingerprint density at radius 2 is 2.15 bits per heavy atom. The predicted molar refractivity (Wildman–Crippen MR) is 87.3 cm³/mol. The number of rotatable bonds is 2. The van der Waals surface area contributed by atoms with Gasteiger partial charge < -0.3 is 5.32 Å². The van der Waals surface area contributed by atoms with Gasteiger partial charge in [-0.25, -0.2) is 4.52 Å². The van der Waals surface area contributed by atoms with Crippen LogP contribution in [0.5, 0.6) is 0 Å². The zero-order chi connectivity index (χ0) is 14.1. The van der Waals surface area contributed by atoms with Crippen LogP contribution in [-0.4, -0.2) is 15.5 Å². The summed E-state index contributed by atoms with van der Waals surface area (Å²) in [6.07, 6.45) is 3.53. The smallest absolute Gasteiger partial charge is 0.255 e. The molecule has 0 spiro atoms. The van der Waals surface area contributed by atoms with Crippen molar-refractivity contribution in [2.45, 2.75) is 0 Å². The maximum absolute atomic E-state index is 12.2. The summed E-state index contributed by atoms with van der Waals surface area (Å²) in [5, 5.41) is 7.58. The van der Waals surface area contributed by atoms with Gasteiger partial charge in [-0.2, -0.15) is 5.10 Å². The van der Waals surface area contributed by atoms with Crippen molar-refractivity contribution in [2.75, 3.05) is 5.32 Å². The van der Waals surface area contributed by atoms with Gasteiger partial charge in [0.25, 0.3) is 5.91 Å². The largest absolute Gasteiger partial charge is 0.322 e. The second kappa shape index (κ2) is 5.41. The van der Waals surface area contributed by atoms with E-state index in [2.05, 4.69) is 33.0 Å². The number of nitrogens with zero attached hydrogens (tertiary/aromatic N) is 2. The van der Waals surface area contributed by atoms with Gasteiger partial charge in [0, 0.05) is 22.5 Å². The van der Waals surface area contributed by atoms with Crippen molar-refractivity contribution >= 4 is 51.3 Å². The molecule has 0 bridgehead atoms. The third kappa shape index (κ3) is 2.64. The summed E-state index contributed by atoms with van der Waals surface area (Å²) in [6, 6.07) is 10.6. The zero-order valence-electron chi connectivity index (χ0n) is 10.2. The van der Waals surface area contributed by atoms with Crippen molar-refractivity contribution in [1.29, 1.82) is 0 Å². The van der Waals surface area contributed by atoms with Gasteiger partial charge in [-0.3, -0.25) is 4.79 Å². The van der Waals surface area contributed by atoms with Gasteiger partial charge in [-0.1, -0.05) is 17.7 Å². The number of carbonyl (C=O) groups excluding carboxylic acids is 1. The molecule has 2 aromatic heterocycles. The number of aromatic nitrogens is 2. The minimum Gasteiger partial charge on any atom is -0.322 e. The fourth-order valence-electron chi connectivity index (χ4n) is 1.86. The number of hydrogen-bond donors (Lipinski definition) is 1. The lowest BCUT2D eigenvalue weighted by Gasteiger charge is -2.06. The van der Waals surface area contributed by atoms with E-state index in [9.17, 15) is 4.79 Å². The molecule has 0 aliphatic rings. The van der Waals surface area contributed by atoms with Crippen LogP contribution in [0.4, 0.5) is 5.69 Å². The maximum atomic E-state index is 12.2. The number of fused-ring (bicyclic) bond motifs is 1. The molecule has 2 heterocycles. The quantitative estimate of drug-likeness (QED) is 0.668. The van der Waals surface area contributed by atoms with Gasteiger partial charge in [-0.05, 0) is 52.9 Å². The third-order valence-electron chi connectivity index (χ3n) is 2.82. The number of halogens is 2. The molecule has 1 N–H and O–H groups in total. The van der Waals surface area contributed by atoms with Gasteiger partial charge in [0.2, 0.25) is 0 Å². The number of amides is 1. The van der Waals surface area contributed by atoms with Crippen LogP contribution in [0.2, 0.25) is 5.02 Å². The Labute approximate surface area is 133 Å².